The number of furan rings is 2. The SMILES string of the molecule is CS(=O)(=O)c1nc(N)n2nc(-c3ccco3)nc2n1.NCCc1ccc(NCCOCC(F)(F)F)cc1.Nc1nc(NCCc2ccc(NCCOCC(F)(F)F)cc2)nc2nc(-c3ccco3)nn12. The summed E-state index contributed by atoms with van der Waals surface area (Å²) in [7, 11) is -3.57. The Hall–Kier alpha value is -7.63. The van der Waals surface area contributed by atoms with Gasteiger partial charge in [0.25, 0.3) is 16.7 Å². The van der Waals surface area contributed by atoms with E-state index in [0.717, 1.165) is 39.7 Å². The molecule has 0 spiro atoms. The maximum absolute atomic E-state index is 12.0. The fourth-order valence-corrected chi connectivity index (χ4v) is 6.34. The van der Waals surface area contributed by atoms with Crippen molar-refractivity contribution in [1.29, 1.82) is 0 Å². The highest BCUT2D eigenvalue weighted by Gasteiger charge is 2.28. The van der Waals surface area contributed by atoms with E-state index in [1.54, 1.807) is 24.3 Å². The molecule has 70 heavy (non-hydrogen) atoms. The van der Waals surface area contributed by atoms with Crippen molar-refractivity contribution >= 4 is 50.6 Å². The number of nitrogens with zero attached hydrogens (tertiary/aromatic N) is 10. The number of anilines is 5. The summed E-state index contributed by atoms with van der Waals surface area (Å²) in [5.41, 5.74) is 20.9. The predicted octanol–water partition coefficient (Wildman–Crippen LogP) is 4.95. The van der Waals surface area contributed by atoms with Gasteiger partial charge in [0.05, 0.1) is 25.7 Å². The van der Waals surface area contributed by atoms with Gasteiger partial charge >= 0.3 is 12.4 Å². The van der Waals surface area contributed by atoms with Crippen LogP contribution in [0.3, 0.4) is 0 Å². The Morgan fingerprint density at radius 2 is 1.09 bits per heavy atom. The van der Waals surface area contributed by atoms with E-state index in [-0.39, 0.29) is 43.3 Å². The molecule has 0 bridgehead atoms. The maximum Gasteiger partial charge on any atom is 0.411 e. The van der Waals surface area contributed by atoms with Gasteiger partial charge in [0.1, 0.15) is 13.2 Å². The molecule has 0 fully saturated rings. The molecule has 0 aliphatic carbocycles. The first-order valence-corrected chi connectivity index (χ1v) is 22.7. The fourth-order valence-electron chi connectivity index (χ4n) is 5.83. The molecule has 0 saturated carbocycles. The summed E-state index contributed by atoms with van der Waals surface area (Å²) in [6, 6.07) is 22.0. The third-order valence-corrected chi connectivity index (χ3v) is 9.83. The molecule has 2 aromatic carbocycles. The normalized spacial score (nSPS) is 11.8. The molecule has 0 saturated heterocycles. The zero-order valence-corrected chi connectivity index (χ0v) is 37.8. The quantitative estimate of drug-likeness (QED) is 0.0461. The van der Waals surface area contributed by atoms with E-state index in [0.29, 0.717) is 55.1 Å². The molecule has 0 aliphatic heterocycles. The molecule has 22 nitrogen and oxygen atoms in total. The molecule has 0 radical (unpaired) electrons. The molecular formula is C41H46F6N16O6S. The number of rotatable bonds is 19. The lowest BCUT2D eigenvalue weighted by Gasteiger charge is -2.10. The number of nitrogens with one attached hydrogen (secondary N) is 3. The van der Waals surface area contributed by atoms with Gasteiger partial charge in [-0.2, -0.15) is 65.3 Å². The highest BCUT2D eigenvalue weighted by Crippen LogP contribution is 2.20. The molecule has 0 unspecified atom stereocenters. The number of aromatic nitrogens is 10. The number of hydrogen-bond acceptors (Lipinski definition) is 20. The second-order valence-electron chi connectivity index (χ2n) is 14.6. The molecule has 0 aliphatic rings. The monoisotopic (exact) mass is 1000 g/mol. The third kappa shape index (κ3) is 16.0. The first-order chi connectivity index (χ1) is 33.3. The average molecular weight is 1000 g/mol. The van der Waals surface area contributed by atoms with Crippen LogP contribution in [0, 0.1) is 0 Å². The average Bonchev–Trinajstić information content (AvgIpc) is 4.15. The lowest BCUT2D eigenvalue weighted by atomic mass is 10.1. The standard InChI is InChI=1S/C20H21F3N8O2.C12H17F3N2O.C9H8N6O3S/c21-20(22,23)12-32-11-9-25-14-5-3-13(4-6-14)7-8-26-18-28-17(24)31-19(29-18)27-16(30-31)15-2-1-10-33-15;13-12(14,15)9-18-8-7-17-11-3-1-10(2-4-11)5-6-16;1-19(16,17)9-12-7(10)15-8(13-9)11-6(14-15)5-3-2-4-18-5/h1-6,10,25H,7-9,11-12H2,(H3,24,26,27,28,29,30);1-4,17H,5-9,16H2;2-4H,1H3,(H2,10,11,12,13,14). The Balaban J connectivity index is 0.000000185. The van der Waals surface area contributed by atoms with E-state index < -0.39 is 40.6 Å². The maximum atomic E-state index is 12.0. The second kappa shape index (κ2) is 23.6. The van der Waals surface area contributed by atoms with E-state index in [1.165, 1.54) is 17.0 Å². The number of halogens is 6. The molecule has 9 N–H and O–H groups in total. The number of benzene rings is 2. The van der Waals surface area contributed by atoms with Crippen molar-refractivity contribution in [3.63, 3.8) is 0 Å². The largest absolute Gasteiger partial charge is 0.461 e. The molecule has 29 heteroatoms. The Morgan fingerprint density at radius 1 is 0.614 bits per heavy atom. The third-order valence-electron chi connectivity index (χ3n) is 8.98. The highest BCUT2D eigenvalue weighted by molar-refractivity contribution is 7.90. The molecule has 6 heterocycles. The lowest BCUT2D eigenvalue weighted by Crippen LogP contribution is -2.20. The minimum atomic E-state index is -4.31. The highest BCUT2D eigenvalue weighted by atomic mass is 32.2. The van der Waals surface area contributed by atoms with E-state index >= 15 is 0 Å². The Morgan fingerprint density at radius 3 is 1.53 bits per heavy atom. The fraction of sp³-hybridized carbons (Fsp3) is 0.317. The Bertz CT molecular complexity index is 2970. The van der Waals surface area contributed by atoms with Crippen LogP contribution < -0.4 is 33.2 Å². The van der Waals surface area contributed by atoms with Gasteiger partial charge in [-0.25, -0.2) is 8.42 Å². The van der Waals surface area contributed by atoms with Crippen LogP contribution in [-0.4, -0.2) is 129 Å². The van der Waals surface area contributed by atoms with Crippen molar-refractivity contribution in [1.82, 2.24) is 49.1 Å². The van der Waals surface area contributed by atoms with Gasteiger partial charge in [0.2, 0.25) is 39.3 Å². The smallest absolute Gasteiger partial charge is 0.411 e. The summed E-state index contributed by atoms with van der Waals surface area (Å²) in [4.78, 5) is 24.4. The lowest BCUT2D eigenvalue weighted by molar-refractivity contribution is -0.173. The van der Waals surface area contributed by atoms with Crippen LogP contribution in [0.2, 0.25) is 0 Å². The van der Waals surface area contributed by atoms with E-state index in [2.05, 4.69) is 65.5 Å². The predicted molar refractivity (Wildman–Crippen MR) is 243 cm³/mol. The number of nitrogen functional groups attached to an aromatic ring is 2. The van der Waals surface area contributed by atoms with Crippen LogP contribution in [0.1, 0.15) is 11.1 Å². The summed E-state index contributed by atoms with van der Waals surface area (Å²) in [5, 5.41) is 17.0. The van der Waals surface area contributed by atoms with Crippen LogP contribution in [0.5, 0.6) is 0 Å². The van der Waals surface area contributed by atoms with Gasteiger partial charge in [0, 0.05) is 37.3 Å². The van der Waals surface area contributed by atoms with Crippen LogP contribution in [0.4, 0.5) is 55.6 Å². The summed E-state index contributed by atoms with van der Waals surface area (Å²) < 4.78 is 116. The number of nitrogens with two attached hydrogens (primary N) is 3. The molecule has 8 aromatic rings. The topological polar surface area (TPSA) is 305 Å². The van der Waals surface area contributed by atoms with Gasteiger partial charge in [-0.3, -0.25) is 0 Å². The van der Waals surface area contributed by atoms with Gasteiger partial charge in [-0.1, -0.05) is 24.3 Å². The van der Waals surface area contributed by atoms with E-state index in [4.69, 9.17) is 26.0 Å². The molecule has 0 amide bonds. The number of ether oxygens (including phenoxy) is 2. The number of alkyl halides is 6. The first-order valence-electron chi connectivity index (χ1n) is 20.8. The number of fused-ring (bicyclic) bond motifs is 2. The van der Waals surface area contributed by atoms with Crippen molar-refractivity contribution in [2.45, 2.75) is 30.4 Å². The summed E-state index contributed by atoms with van der Waals surface area (Å²) in [6.07, 6.45) is -3.08. The minimum absolute atomic E-state index is 0.0179. The van der Waals surface area contributed by atoms with Crippen LogP contribution in [0.15, 0.2) is 99.3 Å². The van der Waals surface area contributed by atoms with Gasteiger partial charge in [-0.15, -0.1) is 10.2 Å². The Kier molecular flexibility index (Phi) is 17.4. The second-order valence-corrected chi connectivity index (χ2v) is 16.5. The first kappa shape index (κ1) is 51.8. The Labute approximate surface area is 394 Å². The van der Waals surface area contributed by atoms with E-state index in [9.17, 15) is 34.8 Å². The minimum Gasteiger partial charge on any atom is -0.461 e. The van der Waals surface area contributed by atoms with Gasteiger partial charge in [0.15, 0.2) is 11.5 Å². The van der Waals surface area contributed by atoms with Crippen LogP contribution >= 0.6 is 0 Å². The molecular weight excluding hydrogens is 959 g/mol. The molecule has 6 aromatic heterocycles. The van der Waals surface area contributed by atoms with Crippen molar-refractivity contribution in [3.8, 4) is 23.2 Å². The van der Waals surface area contributed by atoms with Gasteiger partial charge in [-0.05, 0) is 79.0 Å². The van der Waals surface area contributed by atoms with Crippen molar-refractivity contribution in [2.24, 2.45) is 5.73 Å². The summed E-state index contributed by atoms with van der Waals surface area (Å²) >= 11 is 0. The zero-order chi connectivity index (χ0) is 50.3. The zero-order valence-electron chi connectivity index (χ0n) is 37.0. The molecule has 374 valence electrons. The van der Waals surface area contributed by atoms with Crippen molar-refractivity contribution in [2.75, 3.05) is 86.3 Å². The summed E-state index contributed by atoms with van der Waals surface area (Å²) in [6.45, 7) is -0.702. The van der Waals surface area contributed by atoms with Crippen LogP contribution in [-0.2, 0) is 32.2 Å². The summed E-state index contributed by atoms with van der Waals surface area (Å²) in [5.74, 6) is 2.22. The van der Waals surface area contributed by atoms with Gasteiger partial charge < -0.3 is 51.5 Å². The number of sulfone groups is 1. The van der Waals surface area contributed by atoms with Crippen molar-refractivity contribution < 1.29 is 53.1 Å². The molecule has 0 atom stereocenters. The van der Waals surface area contributed by atoms with Crippen molar-refractivity contribution in [3.05, 3.63) is 96.4 Å². The number of hydrogen-bond donors (Lipinski definition) is 6. The van der Waals surface area contributed by atoms with Crippen LogP contribution in [0.25, 0.3) is 34.7 Å². The van der Waals surface area contributed by atoms with E-state index in [1.807, 2.05) is 48.5 Å². The molecule has 8 rings (SSSR count).